The van der Waals surface area contributed by atoms with Crippen LogP contribution >= 0.6 is 30.1 Å². The van der Waals surface area contributed by atoms with Crippen LogP contribution in [0.4, 0.5) is 0 Å². The minimum Gasteiger partial charge on any atom is -0.462 e. The predicted octanol–water partition coefficient (Wildman–Crippen LogP) is 3.31. The Morgan fingerprint density at radius 2 is 2.08 bits per heavy atom. The molecule has 0 bridgehead atoms. The number of benzene rings is 1. The maximum absolute atomic E-state index is 11.2. The van der Waals surface area contributed by atoms with E-state index < -0.39 is 0 Å². The first-order valence-electron chi connectivity index (χ1n) is 3.83. The molecule has 0 radical (unpaired) electrons. The standard InChI is InChI=1S/C9H9IO2S/c1-2-12-9(11)7-3-5-8(13-10)6-4-7/h3-6H,2H2,1H3. The molecule has 0 amide bonds. The molecule has 13 heavy (non-hydrogen) atoms. The maximum Gasteiger partial charge on any atom is 0.338 e. The van der Waals surface area contributed by atoms with Crippen LogP contribution in [0, 0.1) is 0 Å². The molecule has 0 fully saturated rings. The van der Waals surface area contributed by atoms with Crippen LogP contribution in [0.15, 0.2) is 29.2 Å². The largest absolute Gasteiger partial charge is 0.462 e. The van der Waals surface area contributed by atoms with Gasteiger partial charge >= 0.3 is 5.97 Å². The molecule has 0 saturated heterocycles. The van der Waals surface area contributed by atoms with Crippen molar-refractivity contribution in [1.29, 1.82) is 0 Å². The van der Waals surface area contributed by atoms with E-state index in [0.29, 0.717) is 12.2 Å². The van der Waals surface area contributed by atoms with Gasteiger partial charge in [0.2, 0.25) is 0 Å². The van der Waals surface area contributed by atoms with E-state index in [2.05, 4.69) is 21.2 Å². The van der Waals surface area contributed by atoms with Gasteiger partial charge in [-0.05, 0) is 31.2 Å². The molecule has 1 aromatic rings. The number of ether oxygens (including phenoxy) is 1. The summed E-state index contributed by atoms with van der Waals surface area (Å²) in [6.45, 7) is 2.22. The van der Waals surface area contributed by atoms with E-state index in [1.807, 2.05) is 12.1 Å². The summed E-state index contributed by atoms with van der Waals surface area (Å²) in [4.78, 5) is 12.3. The fraction of sp³-hybridized carbons (Fsp3) is 0.222. The molecule has 0 heterocycles. The van der Waals surface area contributed by atoms with E-state index in [-0.39, 0.29) is 5.97 Å². The average molecular weight is 308 g/mol. The third kappa shape index (κ3) is 3.19. The van der Waals surface area contributed by atoms with Crippen molar-refractivity contribution < 1.29 is 9.53 Å². The molecule has 0 atom stereocenters. The highest BCUT2D eigenvalue weighted by Gasteiger charge is 2.04. The molecule has 4 heteroatoms. The average Bonchev–Trinajstić information content (AvgIpc) is 2.18. The van der Waals surface area contributed by atoms with E-state index in [1.54, 1.807) is 28.0 Å². The first-order chi connectivity index (χ1) is 6.27. The Morgan fingerprint density at radius 3 is 2.54 bits per heavy atom. The topological polar surface area (TPSA) is 26.3 Å². The van der Waals surface area contributed by atoms with Crippen molar-refractivity contribution >= 4 is 36.1 Å². The smallest absolute Gasteiger partial charge is 0.338 e. The molecule has 0 saturated carbocycles. The number of carbonyl (C=O) groups is 1. The summed E-state index contributed by atoms with van der Waals surface area (Å²) in [7, 11) is 1.62. The van der Waals surface area contributed by atoms with Gasteiger partial charge in [-0.2, -0.15) is 0 Å². The highest BCUT2D eigenvalue weighted by Crippen LogP contribution is 2.24. The van der Waals surface area contributed by atoms with Crippen LogP contribution in [-0.2, 0) is 4.74 Å². The summed E-state index contributed by atoms with van der Waals surface area (Å²) in [5.41, 5.74) is 0.607. The molecule has 0 spiro atoms. The van der Waals surface area contributed by atoms with Crippen molar-refractivity contribution in [2.45, 2.75) is 11.8 Å². The van der Waals surface area contributed by atoms with Crippen molar-refractivity contribution in [3.63, 3.8) is 0 Å². The summed E-state index contributed by atoms with van der Waals surface area (Å²) in [5.74, 6) is -0.257. The second kappa shape index (κ2) is 5.49. The fourth-order valence-corrected chi connectivity index (χ4v) is 1.98. The number of rotatable bonds is 3. The lowest BCUT2D eigenvalue weighted by molar-refractivity contribution is 0.0526. The van der Waals surface area contributed by atoms with Crippen LogP contribution in [-0.4, -0.2) is 12.6 Å². The van der Waals surface area contributed by atoms with Gasteiger partial charge in [-0.3, -0.25) is 0 Å². The zero-order chi connectivity index (χ0) is 9.68. The second-order valence-corrected chi connectivity index (χ2v) is 4.27. The molecule has 1 aromatic carbocycles. The lowest BCUT2D eigenvalue weighted by Gasteiger charge is -2.01. The summed E-state index contributed by atoms with van der Waals surface area (Å²) >= 11 is 2.20. The van der Waals surface area contributed by atoms with Gasteiger partial charge < -0.3 is 4.74 Å². The van der Waals surface area contributed by atoms with Crippen molar-refractivity contribution in [2.75, 3.05) is 6.61 Å². The zero-order valence-electron chi connectivity index (χ0n) is 7.12. The molecule has 0 aliphatic carbocycles. The number of carbonyl (C=O) groups excluding carboxylic acids is 1. The van der Waals surface area contributed by atoms with Crippen molar-refractivity contribution in [2.24, 2.45) is 0 Å². The second-order valence-electron chi connectivity index (χ2n) is 2.32. The monoisotopic (exact) mass is 308 g/mol. The molecule has 1 rings (SSSR count). The maximum atomic E-state index is 11.2. The molecular formula is C9H9IO2S. The first-order valence-corrected chi connectivity index (χ1v) is 7.19. The Bertz CT molecular complexity index is 284. The number of halogens is 1. The van der Waals surface area contributed by atoms with E-state index in [9.17, 15) is 4.79 Å². The van der Waals surface area contributed by atoms with Crippen molar-refractivity contribution in [3.8, 4) is 0 Å². The summed E-state index contributed by atoms with van der Waals surface area (Å²) in [6, 6.07) is 7.37. The van der Waals surface area contributed by atoms with Crippen molar-refractivity contribution in [1.82, 2.24) is 0 Å². The Balaban J connectivity index is 2.74. The third-order valence-electron chi connectivity index (χ3n) is 1.45. The van der Waals surface area contributed by atoms with Crippen LogP contribution in [0.2, 0.25) is 0 Å². The molecule has 0 aromatic heterocycles. The van der Waals surface area contributed by atoms with Gasteiger partial charge in [-0.1, -0.05) is 8.93 Å². The number of hydrogen-bond acceptors (Lipinski definition) is 3. The van der Waals surface area contributed by atoms with Crippen LogP contribution in [0.25, 0.3) is 0 Å². The number of esters is 1. The van der Waals surface area contributed by atoms with Crippen LogP contribution in [0.1, 0.15) is 17.3 Å². The normalized spacial score (nSPS) is 9.69. The van der Waals surface area contributed by atoms with Crippen molar-refractivity contribution in [3.05, 3.63) is 29.8 Å². The van der Waals surface area contributed by atoms with Crippen LogP contribution in [0.3, 0.4) is 0 Å². The minimum absolute atomic E-state index is 0.257. The first kappa shape index (κ1) is 10.8. The predicted molar refractivity (Wildman–Crippen MR) is 62.3 cm³/mol. The Morgan fingerprint density at radius 1 is 1.46 bits per heavy atom. The highest BCUT2D eigenvalue weighted by molar-refractivity contribution is 14.2. The Kier molecular flexibility index (Phi) is 4.58. The summed E-state index contributed by atoms with van der Waals surface area (Å²) in [6.07, 6.45) is 0. The SMILES string of the molecule is CCOC(=O)c1ccc(SI)cc1. The molecule has 70 valence electrons. The van der Waals surface area contributed by atoms with Gasteiger partial charge in [0.1, 0.15) is 0 Å². The lowest BCUT2D eigenvalue weighted by atomic mass is 10.2. The summed E-state index contributed by atoms with van der Waals surface area (Å²) in [5, 5.41) is 0. The minimum atomic E-state index is -0.257. The molecule has 0 aliphatic heterocycles. The quantitative estimate of drug-likeness (QED) is 0.633. The molecule has 2 nitrogen and oxygen atoms in total. The van der Waals surface area contributed by atoms with Crippen LogP contribution < -0.4 is 0 Å². The van der Waals surface area contributed by atoms with E-state index in [1.165, 1.54) is 0 Å². The fourth-order valence-electron chi connectivity index (χ4n) is 0.857. The Hall–Kier alpha value is -0.230. The van der Waals surface area contributed by atoms with E-state index >= 15 is 0 Å². The van der Waals surface area contributed by atoms with Gasteiger partial charge in [-0.25, -0.2) is 4.79 Å². The highest BCUT2D eigenvalue weighted by atomic mass is 127. The summed E-state index contributed by atoms with van der Waals surface area (Å²) < 4.78 is 4.85. The van der Waals surface area contributed by atoms with Gasteiger partial charge in [0.05, 0.1) is 12.2 Å². The Labute approximate surface area is 93.6 Å². The van der Waals surface area contributed by atoms with Crippen LogP contribution in [0.5, 0.6) is 0 Å². The van der Waals surface area contributed by atoms with Gasteiger partial charge in [0, 0.05) is 26.1 Å². The van der Waals surface area contributed by atoms with Gasteiger partial charge in [0.25, 0.3) is 0 Å². The van der Waals surface area contributed by atoms with E-state index in [4.69, 9.17) is 4.74 Å². The third-order valence-corrected chi connectivity index (χ3v) is 3.43. The molecule has 0 unspecified atom stereocenters. The molecule has 0 N–H and O–H groups in total. The number of hydrogen-bond donors (Lipinski definition) is 0. The van der Waals surface area contributed by atoms with Gasteiger partial charge in [0.15, 0.2) is 0 Å². The van der Waals surface area contributed by atoms with E-state index in [0.717, 1.165) is 4.90 Å². The zero-order valence-corrected chi connectivity index (χ0v) is 10.1. The molecular weight excluding hydrogens is 299 g/mol. The molecule has 0 aliphatic rings. The lowest BCUT2D eigenvalue weighted by Crippen LogP contribution is -2.03. The van der Waals surface area contributed by atoms with Gasteiger partial charge in [-0.15, -0.1) is 0 Å².